The van der Waals surface area contributed by atoms with Gasteiger partial charge in [0.1, 0.15) is 10.6 Å². The first-order valence-electron chi connectivity index (χ1n) is 11.4. The molecule has 0 bridgehead atoms. The van der Waals surface area contributed by atoms with Crippen molar-refractivity contribution in [3.8, 4) is 5.75 Å². The third kappa shape index (κ3) is 4.90. The monoisotopic (exact) mass is 442 g/mol. The smallest absolute Gasteiger partial charge is 0.244 e. The van der Waals surface area contributed by atoms with Crippen LogP contribution in [0.5, 0.6) is 5.75 Å². The van der Waals surface area contributed by atoms with Crippen LogP contribution >= 0.6 is 0 Å². The van der Waals surface area contributed by atoms with Crippen LogP contribution < -0.4 is 14.4 Å². The Morgan fingerprint density at radius 2 is 1.65 bits per heavy atom. The van der Waals surface area contributed by atoms with Crippen LogP contribution in [0.15, 0.2) is 41.3 Å². The van der Waals surface area contributed by atoms with E-state index in [2.05, 4.69) is 28.7 Å². The van der Waals surface area contributed by atoms with E-state index in [0.717, 1.165) is 55.8 Å². The van der Waals surface area contributed by atoms with Crippen LogP contribution in [0.4, 0.5) is 5.69 Å². The maximum atomic E-state index is 13.2. The fraction of sp³-hybridized carbons (Fsp3) is 0.520. The molecule has 6 heteroatoms. The Labute approximate surface area is 186 Å². The minimum Gasteiger partial charge on any atom is -0.495 e. The van der Waals surface area contributed by atoms with E-state index in [-0.39, 0.29) is 10.9 Å². The lowest BCUT2D eigenvalue weighted by atomic mass is 9.92. The zero-order valence-electron chi connectivity index (χ0n) is 18.9. The van der Waals surface area contributed by atoms with Crippen LogP contribution in [0.2, 0.25) is 0 Å². The van der Waals surface area contributed by atoms with Gasteiger partial charge in [0.05, 0.1) is 7.11 Å². The molecule has 2 aliphatic rings. The number of sulfonamides is 1. The van der Waals surface area contributed by atoms with Gasteiger partial charge in [-0.15, -0.1) is 0 Å². The Balaban J connectivity index is 1.50. The van der Waals surface area contributed by atoms with Gasteiger partial charge in [-0.2, -0.15) is 0 Å². The summed E-state index contributed by atoms with van der Waals surface area (Å²) >= 11 is 0. The molecule has 1 N–H and O–H groups in total. The molecule has 1 aliphatic carbocycles. The molecule has 1 heterocycles. The van der Waals surface area contributed by atoms with Crippen molar-refractivity contribution >= 4 is 15.7 Å². The summed E-state index contributed by atoms with van der Waals surface area (Å²) in [7, 11) is -2.17. The van der Waals surface area contributed by atoms with Gasteiger partial charge in [0.2, 0.25) is 10.0 Å². The van der Waals surface area contributed by atoms with E-state index in [0.29, 0.717) is 5.75 Å². The second-order valence-electron chi connectivity index (χ2n) is 9.08. The van der Waals surface area contributed by atoms with E-state index in [1.807, 2.05) is 31.2 Å². The Morgan fingerprint density at radius 3 is 2.26 bits per heavy atom. The number of anilines is 1. The molecular weight excluding hydrogens is 408 g/mol. The van der Waals surface area contributed by atoms with Crippen LogP contribution in [-0.2, 0) is 22.9 Å². The predicted octanol–water partition coefficient (Wildman–Crippen LogP) is 4.85. The average molecular weight is 443 g/mol. The van der Waals surface area contributed by atoms with E-state index in [1.165, 1.54) is 31.2 Å². The molecule has 0 saturated carbocycles. The molecule has 1 saturated heterocycles. The molecule has 1 fully saturated rings. The predicted molar refractivity (Wildman–Crippen MR) is 125 cm³/mol. The summed E-state index contributed by atoms with van der Waals surface area (Å²) in [5.74, 6) is 1.22. The van der Waals surface area contributed by atoms with Crippen molar-refractivity contribution in [1.29, 1.82) is 0 Å². The molecule has 0 unspecified atom stereocenters. The molecular formula is C25H34N2O3S. The molecule has 0 radical (unpaired) electrons. The van der Waals surface area contributed by atoms with Gasteiger partial charge in [-0.3, -0.25) is 0 Å². The van der Waals surface area contributed by atoms with Gasteiger partial charge in [0.15, 0.2) is 0 Å². The fourth-order valence-electron chi connectivity index (χ4n) is 4.71. The first-order chi connectivity index (χ1) is 14.9. The van der Waals surface area contributed by atoms with Crippen molar-refractivity contribution in [3.63, 3.8) is 0 Å². The second kappa shape index (κ2) is 9.21. The van der Waals surface area contributed by atoms with Crippen molar-refractivity contribution in [1.82, 2.24) is 4.72 Å². The number of piperidine rings is 1. The van der Waals surface area contributed by atoms with Gasteiger partial charge < -0.3 is 9.64 Å². The van der Waals surface area contributed by atoms with Crippen LogP contribution in [0.3, 0.4) is 0 Å². The Bertz CT molecular complexity index is 1010. The molecule has 4 rings (SSSR count). The first-order valence-corrected chi connectivity index (χ1v) is 12.9. The normalized spacial score (nSPS) is 18.5. The van der Waals surface area contributed by atoms with Crippen molar-refractivity contribution in [2.24, 2.45) is 5.92 Å². The summed E-state index contributed by atoms with van der Waals surface area (Å²) in [6.07, 6.45) is 6.60. The number of nitrogens with zero attached hydrogens (tertiary/aromatic N) is 1. The Hall–Kier alpha value is -2.05. The van der Waals surface area contributed by atoms with E-state index in [4.69, 9.17) is 4.74 Å². The summed E-state index contributed by atoms with van der Waals surface area (Å²) < 4.78 is 34.8. The molecule has 31 heavy (non-hydrogen) atoms. The van der Waals surface area contributed by atoms with Crippen LogP contribution in [-0.4, -0.2) is 28.6 Å². The molecule has 2 aromatic rings. The number of aryl methyl sites for hydroxylation is 2. The number of rotatable bonds is 6. The van der Waals surface area contributed by atoms with Gasteiger partial charge in [0.25, 0.3) is 0 Å². The SMILES string of the molecule is COc1cc2c(cc1S(=O)(=O)N[C@H](C)c1ccc(N3CCC(C)CC3)cc1)CCCC2. The highest BCUT2D eigenvalue weighted by Crippen LogP contribution is 2.33. The molecule has 5 nitrogen and oxygen atoms in total. The summed E-state index contributed by atoms with van der Waals surface area (Å²) in [4.78, 5) is 2.65. The lowest BCUT2D eigenvalue weighted by Crippen LogP contribution is -2.32. The average Bonchev–Trinajstić information content (AvgIpc) is 2.78. The third-order valence-electron chi connectivity index (χ3n) is 6.79. The number of methoxy groups -OCH3 is 1. The number of ether oxygens (including phenoxy) is 1. The fourth-order valence-corrected chi connectivity index (χ4v) is 6.15. The summed E-state index contributed by atoms with van der Waals surface area (Å²) in [5, 5.41) is 0. The van der Waals surface area contributed by atoms with E-state index >= 15 is 0 Å². The first kappa shape index (κ1) is 22.2. The van der Waals surface area contributed by atoms with Gasteiger partial charge in [-0.25, -0.2) is 13.1 Å². The minimum absolute atomic E-state index is 0.238. The highest BCUT2D eigenvalue weighted by atomic mass is 32.2. The number of hydrogen-bond donors (Lipinski definition) is 1. The largest absolute Gasteiger partial charge is 0.495 e. The minimum atomic E-state index is -3.71. The van der Waals surface area contributed by atoms with E-state index in [9.17, 15) is 8.42 Å². The topological polar surface area (TPSA) is 58.6 Å². The van der Waals surface area contributed by atoms with Crippen molar-refractivity contribution in [2.75, 3.05) is 25.1 Å². The molecule has 0 spiro atoms. The number of fused-ring (bicyclic) bond motifs is 1. The highest BCUT2D eigenvalue weighted by Gasteiger charge is 2.25. The van der Waals surface area contributed by atoms with Crippen molar-refractivity contribution in [2.45, 2.75) is 63.3 Å². The van der Waals surface area contributed by atoms with Gasteiger partial charge >= 0.3 is 0 Å². The third-order valence-corrected chi connectivity index (χ3v) is 8.35. The number of nitrogens with one attached hydrogen (secondary N) is 1. The molecule has 1 atom stereocenters. The zero-order chi connectivity index (χ0) is 22.0. The summed E-state index contributed by atoms with van der Waals surface area (Å²) in [6, 6.07) is 11.7. The quantitative estimate of drug-likeness (QED) is 0.695. The Kier molecular flexibility index (Phi) is 6.58. The number of hydrogen-bond acceptors (Lipinski definition) is 4. The summed E-state index contributed by atoms with van der Waals surface area (Å²) in [6.45, 7) is 6.37. The lowest BCUT2D eigenvalue weighted by molar-refractivity contribution is 0.400. The molecule has 0 amide bonds. The second-order valence-corrected chi connectivity index (χ2v) is 10.8. The standard InChI is InChI=1S/C25H34N2O3S/c1-18-12-14-27(15-13-18)23-10-8-20(9-11-23)19(2)26-31(28,29)25-17-22-7-5-4-6-21(22)16-24(25)30-3/h8-11,16-19,26H,4-7,12-15H2,1-3H3/t19-/m1/s1. The number of benzene rings is 2. The van der Waals surface area contributed by atoms with Gasteiger partial charge in [-0.05, 0) is 92.3 Å². The molecule has 1 aliphatic heterocycles. The van der Waals surface area contributed by atoms with Crippen molar-refractivity contribution in [3.05, 3.63) is 53.1 Å². The van der Waals surface area contributed by atoms with Gasteiger partial charge in [0, 0.05) is 24.8 Å². The lowest BCUT2D eigenvalue weighted by Gasteiger charge is -2.32. The Morgan fingerprint density at radius 1 is 1.03 bits per heavy atom. The summed E-state index contributed by atoms with van der Waals surface area (Å²) in [5.41, 5.74) is 4.50. The van der Waals surface area contributed by atoms with Crippen LogP contribution in [0, 0.1) is 5.92 Å². The maximum absolute atomic E-state index is 13.2. The van der Waals surface area contributed by atoms with Crippen LogP contribution in [0.25, 0.3) is 0 Å². The van der Waals surface area contributed by atoms with Crippen molar-refractivity contribution < 1.29 is 13.2 Å². The highest BCUT2D eigenvalue weighted by molar-refractivity contribution is 7.89. The van der Waals surface area contributed by atoms with E-state index < -0.39 is 10.0 Å². The zero-order valence-corrected chi connectivity index (χ0v) is 19.7. The molecule has 168 valence electrons. The van der Waals surface area contributed by atoms with Crippen LogP contribution in [0.1, 0.15) is 62.3 Å². The molecule has 2 aromatic carbocycles. The van der Waals surface area contributed by atoms with E-state index in [1.54, 1.807) is 0 Å². The molecule has 0 aromatic heterocycles. The van der Waals surface area contributed by atoms with Gasteiger partial charge in [-0.1, -0.05) is 19.1 Å². The maximum Gasteiger partial charge on any atom is 0.244 e.